The molecule has 1 saturated carbocycles. The van der Waals surface area contributed by atoms with Crippen LogP contribution >= 0.6 is 11.6 Å². The van der Waals surface area contributed by atoms with E-state index < -0.39 is 27.7 Å². The van der Waals surface area contributed by atoms with Gasteiger partial charge in [-0.3, -0.25) is 0 Å². The zero-order chi connectivity index (χ0) is 27.0. The number of rotatable bonds is 5. The Kier molecular flexibility index (Phi) is 7.69. The van der Waals surface area contributed by atoms with Crippen LogP contribution in [0.5, 0.6) is 0 Å². The summed E-state index contributed by atoms with van der Waals surface area (Å²) in [6, 6.07) is 11.1. The number of nitrogens with zero attached hydrogens (tertiary/aromatic N) is 1. The predicted octanol–water partition coefficient (Wildman–Crippen LogP) is 6.14. The first-order chi connectivity index (χ1) is 17.4. The van der Waals surface area contributed by atoms with Crippen LogP contribution in [0.2, 0.25) is 5.02 Å². The van der Waals surface area contributed by atoms with E-state index in [9.17, 15) is 18.0 Å². The topological polar surface area (TPSA) is 104 Å². The van der Waals surface area contributed by atoms with Crippen LogP contribution in [0.15, 0.2) is 47.4 Å². The van der Waals surface area contributed by atoms with Gasteiger partial charge in [0.25, 0.3) is 0 Å². The van der Waals surface area contributed by atoms with Crippen LogP contribution in [0.3, 0.4) is 0 Å². The maximum absolute atomic E-state index is 13.4. The Morgan fingerprint density at radius 3 is 2.38 bits per heavy atom. The molecule has 0 spiro atoms. The van der Waals surface area contributed by atoms with E-state index in [4.69, 9.17) is 21.1 Å². The first-order valence-electron chi connectivity index (χ1n) is 12.2. The molecule has 1 aromatic heterocycles. The van der Waals surface area contributed by atoms with Crippen LogP contribution in [-0.4, -0.2) is 43.8 Å². The summed E-state index contributed by atoms with van der Waals surface area (Å²) in [6.07, 6.45) is 3.95. The molecule has 0 amide bonds. The number of benzene rings is 2. The molecule has 1 aliphatic carbocycles. The van der Waals surface area contributed by atoms with Crippen LogP contribution in [0.1, 0.15) is 63.2 Å². The van der Waals surface area contributed by atoms with Crippen molar-refractivity contribution in [2.75, 3.05) is 7.11 Å². The van der Waals surface area contributed by atoms with Gasteiger partial charge in [0.05, 0.1) is 28.9 Å². The molecule has 8 nitrogen and oxygen atoms in total. The molecule has 198 valence electrons. The summed E-state index contributed by atoms with van der Waals surface area (Å²) < 4.78 is 41.2. The van der Waals surface area contributed by atoms with E-state index in [1.807, 2.05) is 0 Å². The van der Waals surface area contributed by atoms with Gasteiger partial charge in [0.2, 0.25) is 10.0 Å². The van der Waals surface area contributed by atoms with Gasteiger partial charge in [0.1, 0.15) is 10.5 Å². The Morgan fingerprint density at radius 1 is 1.03 bits per heavy atom. The summed E-state index contributed by atoms with van der Waals surface area (Å²) in [6.45, 7) is 5.25. The number of aromatic nitrogens is 1. The average Bonchev–Trinajstić information content (AvgIpc) is 3.22. The van der Waals surface area contributed by atoms with Crippen molar-refractivity contribution in [3.05, 3.63) is 53.1 Å². The monoisotopic (exact) mass is 546 g/mol. The van der Waals surface area contributed by atoms with Crippen LogP contribution in [-0.2, 0) is 19.5 Å². The number of carbonyl (C=O) groups excluding carboxylic acids is 2. The number of carbonyl (C=O) groups is 2. The molecule has 0 saturated heterocycles. The van der Waals surface area contributed by atoms with E-state index in [1.165, 1.54) is 23.8 Å². The number of esters is 1. The van der Waals surface area contributed by atoms with Crippen molar-refractivity contribution in [3.8, 4) is 11.3 Å². The van der Waals surface area contributed by atoms with E-state index in [-0.39, 0.29) is 21.5 Å². The van der Waals surface area contributed by atoms with Crippen molar-refractivity contribution in [2.45, 2.75) is 69.4 Å². The number of methoxy groups -OCH3 is 1. The normalized spacial score (nSPS) is 15.1. The lowest BCUT2D eigenvalue weighted by Gasteiger charge is -2.23. The summed E-state index contributed by atoms with van der Waals surface area (Å²) >= 11 is 6.36. The average molecular weight is 547 g/mol. The van der Waals surface area contributed by atoms with Crippen molar-refractivity contribution in [3.63, 3.8) is 0 Å². The molecule has 0 unspecified atom stereocenters. The van der Waals surface area contributed by atoms with E-state index in [0.717, 1.165) is 32.1 Å². The van der Waals surface area contributed by atoms with Crippen LogP contribution < -0.4 is 4.72 Å². The third-order valence-electron chi connectivity index (χ3n) is 6.25. The minimum atomic E-state index is -3.90. The quantitative estimate of drug-likeness (QED) is 0.385. The highest BCUT2D eigenvalue weighted by molar-refractivity contribution is 7.89. The van der Waals surface area contributed by atoms with Gasteiger partial charge in [-0.2, -0.15) is 0 Å². The first-order valence-corrected chi connectivity index (χ1v) is 14.0. The molecular weight excluding hydrogens is 516 g/mol. The summed E-state index contributed by atoms with van der Waals surface area (Å²) in [5.74, 6) is -0.547. The molecule has 10 heteroatoms. The molecule has 0 radical (unpaired) electrons. The van der Waals surface area contributed by atoms with Crippen molar-refractivity contribution in [2.24, 2.45) is 0 Å². The molecule has 1 heterocycles. The van der Waals surface area contributed by atoms with Gasteiger partial charge in [-0.05, 0) is 63.9 Å². The number of hydrogen-bond donors (Lipinski definition) is 1. The van der Waals surface area contributed by atoms with Gasteiger partial charge in [0.15, 0.2) is 0 Å². The highest BCUT2D eigenvalue weighted by Gasteiger charge is 2.27. The van der Waals surface area contributed by atoms with Crippen molar-refractivity contribution in [1.29, 1.82) is 0 Å². The lowest BCUT2D eigenvalue weighted by Crippen LogP contribution is -2.36. The van der Waals surface area contributed by atoms with Crippen molar-refractivity contribution in [1.82, 2.24) is 9.29 Å². The van der Waals surface area contributed by atoms with Gasteiger partial charge in [-0.1, -0.05) is 43.0 Å². The molecule has 0 atom stereocenters. The fraction of sp³-hybridized carbons (Fsp3) is 0.407. The molecular formula is C27H31ClN2O6S. The fourth-order valence-electron chi connectivity index (χ4n) is 4.53. The minimum Gasteiger partial charge on any atom is -0.465 e. The van der Waals surface area contributed by atoms with E-state index in [2.05, 4.69) is 4.72 Å². The molecule has 1 aliphatic rings. The smallest absolute Gasteiger partial charge is 0.419 e. The summed E-state index contributed by atoms with van der Waals surface area (Å²) in [5.41, 5.74) is 0.753. The molecule has 3 aromatic rings. The zero-order valence-electron chi connectivity index (χ0n) is 21.3. The van der Waals surface area contributed by atoms with Gasteiger partial charge in [-0.15, -0.1) is 0 Å². The molecule has 0 aliphatic heterocycles. The second-order valence-corrected chi connectivity index (χ2v) is 12.3. The van der Waals surface area contributed by atoms with Gasteiger partial charge < -0.3 is 9.47 Å². The summed E-state index contributed by atoms with van der Waals surface area (Å²) in [4.78, 5) is 25.5. The van der Waals surface area contributed by atoms with E-state index >= 15 is 0 Å². The Bertz CT molecular complexity index is 1450. The second-order valence-electron chi connectivity index (χ2n) is 10.2. The van der Waals surface area contributed by atoms with E-state index in [0.29, 0.717) is 22.2 Å². The number of nitrogens with one attached hydrogen (secondary N) is 1. The highest BCUT2D eigenvalue weighted by Crippen LogP contribution is 2.34. The maximum atomic E-state index is 13.4. The molecule has 0 bridgehead atoms. The van der Waals surface area contributed by atoms with Crippen molar-refractivity contribution < 1.29 is 27.5 Å². The molecule has 37 heavy (non-hydrogen) atoms. The predicted molar refractivity (Wildman–Crippen MR) is 143 cm³/mol. The Hall–Kier alpha value is -2.88. The Morgan fingerprint density at radius 2 is 1.73 bits per heavy atom. The summed E-state index contributed by atoms with van der Waals surface area (Å²) in [5, 5.41) is 0.744. The second kappa shape index (κ2) is 10.5. The highest BCUT2D eigenvalue weighted by atomic mass is 35.5. The van der Waals surface area contributed by atoms with Crippen LogP contribution in [0.25, 0.3) is 22.2 Å². The van der Waals surface area contributed by atoms with Gasteiger partial charge >= 0.3 is 12.1 Å². The number of ether oxygens (including phenoxy) is 2. The van der Waals surface area contributed by atoms with Crippen LogP contribution in [0.4, 0.5) is 4.79 Å². The van der Waals surface area contributed by atoms with E-state index in [1.54, 1.807) is 51.1 Å². The fourth-order valence-corrected chi connectivity index (χ4v) is 6.37. The maximum Gasteiger partial charge on any atom is 0.419 e. The zero-order valence-corrected chi connectivity index (χ0v) is 22.9. The number of hydrogen-bond acceptors (Lipinski definition) is 6. The van der Waals surface area contributed by atoms with Gasteiger partial charge in [0, 0.05) is 17.0 Å². The molecule has 2 aromatic carbocycles. The number of halogens is 1. The minimum absolute atomic E-state index is 0.0616. The number of fused-ring (bicyclic) bond motifs is 1. The Labute approximate surface area is 221 Å². The first kappa shape index (κ1) is 27.2. The third-order valence-corrected chi connectivity index (χ3v) is 8.25. The molecule has 1 N–H and O–H groups in total. The third kappa shape index (κ3) is 6.00. The number of sulfonamides is 1. The molecule has 1 fully saturated rings. The summed E-state index contributed by atoms with van der Waals surface area (Å²) in [7, 11) is -2.62. The van der Waals surface area contributed by atoms with Crippen LogP contribution in [0, 0.1) is 0 Å². The lowest BCUT2D eigenvalue weighted by atomic mass is 9.96. The standard InChI is InChI=1S/C27H31ClN2O6S/c1-27(2,3)36-26(32)30-22(14-17-10-11-19(15-23(17)30)25(31)35-4)18-12-13-21(28)24(16-18)37(33,34)29-20-8-6-5-7-9-20/h10-16,20,29H,5-9H2,1-4H3. The Balaban J connectivity index is 1.85. The van der Waals surface area contributed by atoms with Crippen molar-refractivity contribution >= 4 is 44.6 Å². The lowest BCUT2D eigenvalue weighted by molar-refractivity contribution is 0.0544. The largest absolute Gasteiger partial charge is 0.465 e. The molecule has 4 rings (SSSR count). The van der Waals surface area contributed by atoms with Gasteiger partial charge in [-0.25, -0.2) is 27.3 Å². The SMILES string of the molecule is COC(=O)c1ccc2cc(-c3ccc(Cl)c(S(=O)(=O)NC4CCCCC4)c3)n(C(=O)OC(C)(C)C)c2c1.